The van der Waals surface area contributed by atoms with Gasteiger partial charge in [-0.2, -0.15) is 0 Å². The summed E-state index contributed by atoms with van der Waals surface area (Å²) in [7, 11) is 0. The number of hydrogen-bond donors (Lipinski definition) is 1. The Hall–Kier alpha value is -3.67. The molecule has 0 spiro atoms. The molecule has 2 heterocycles. The zero-order chi connectivity index (χ0) is 26.5. The number of pyridine rings is 1. The molecule has 2 amide bonds. The molecule has 0 bridgehead atoms. The molecule has 1 aliphatic carbocycles. The van der Waals surface area contributed by atoms with E-state index in [1.54, 1.807) is 13.1 Å². The summed E-state index contributed by atoms with van der Waals surface area (Å²) < 4.78 is 6.12. The first kappa shape index (κ1) is 26.0. The van der Waals surface area contributed by atoms with E-state index < -0.39 is 6.10 Å². The van der Waals surface area contributed by atoms with Gasteiger partial charge in [-0.15, -0.1) is 0 Å². The third-order valence-electron chi connectivity index (χ3n) is 7.78. The van der Waals surface area contributed by atoms with Gasteiger partial charge in [0.25, 0.3) is 5.91 Å². The number of aryl methyl sites for hydroxylation is 1. The van der Waals surface area contributed by atoms with Crippen LogP contribution >= 0.6 is 0 Å². The van der Waals surface area contributed by atoms with Crippen molar-refractivity contribution >= 4 is 11.8 Å². The number of ether oxygens (including phenoxy) is 1. The molecule has 0 radical (unpaired) electrons. The third kappa shape index (κ3) is 5.90. The molecular weight excluding hydrogens is 474 g/mol. The van der Waals surface area contributed by atoms with Gasteiger partial charge < -0.3 is 15.0 Å². The molecule has 1 aliphatic heterocycles. The molecular formula is C32H37N3O3. The average Bonchev–Trinajstić information content (AvgIpc) is 3.48. The Balaban J connectivity index is 1.34. The first-order valence-electron chi connectivity index (χ1n) is 13.8. The van der Waals surface area contributed by atoms with Gasteiger partial charge in [0.1, 0.15) is 5.75 Å². The van der Waals surface area contributed by atoms with Crippen LogP contribution in [0.5, 0.6) is 5.75 Å². The average molecular weight is 512 g/mol. The Morgan fingerprint density at radius 1 is 1.08 bits per heavy atom. The van der Waals surface area contributed by atoms with E-state index in [1.807, 2.05) is 30.3 Å². The van der Waals surface area contributed by atoms with Crippen molar-refractivity contribution in [2.45, 2.75) is 64.5 Å². The van der Waals surface area contributed by atoms with Crippen LogP contribution in [0, 0.1) is 12.8 Å². The second-order valence-corrected chi connectivity index (χ2v) is 10.6. The molecule has 1 N–H and O–H groups in total. The summed E-state index contributed by atoms with van der Waals surface area (Å²) in [5.41, 5.74) is 5.55. The third-order valence-corrected chi connectivity index (χ3v) is 7.78. The minimum atomic E-state index is -0.644. The van der Waals surface area contributed by atoms with Gasteiger partial charge in [0.15, 0.2) is 6.10 Å². The highest BCUT2D eigenvalue weighted by atomic mass is 16.5. The maximum absolute atomic E-state index is 13.7. The Kier molecular flexibility index (Phi) is 8.06. The van der Waals surface area contributed by atoms with Gasteiger partial charge in [0.05, 0.1) is 6.04 Å². The molecule has 1 fully saturated rings. The molecule has 1 saturated carbocycles. The summed E-state index contributed by atoms with van der Waals surface area (Å²) >= 11 is 0. The smallest absolute Gasteiger partial charge is 0.260 e. The van der Waals surface area contributed by atoms with Crippen LogP contribution in [0.3, 0.4) is 0 Å². The molecule has 0 saturated heterocycles. The number of rotatable bonds is 8. The molecule has 5 rings (SSSR count). The monoisotopic (exact) mass is 511 g/mol. The fourth-order valence-electron chi connectivity index (χ4n) is 5.77. The topological polar surface area (TPSA) is 71.5 Å². The van der Waals surface area contributed by atoms with Gasteiger partial charge in [-0.1, -0.05) is 54.8 Å². The summed E-state index contributed by atoms with van der Waals surface area (Å²) in [4.78, 5) is 32.8. The summed E-state index contributed by atoms with van der Waals surface area (Å²) in [6.45, 7) is 5.07. The number of aromatic nitrogens is 1. The van der Waals surface area contributed by atoms with E-state index in [0.717, 1.165) is 55.5 Å². The van der Waals surface area contributed by atoms with Gasteiger partial charge in [-0.05, 0) is 74.1 Å². The van der Waals surface area contributed by atoms with Gasteiger partial charge in [-0.3, -0.25) is 14.6 Å². The molecule has 2 aliphatic rings. The molecule has 6 heteroatoms. The standard InChI is InChI=1S/C32H37N3O3/c1-22-8-7-11-26(20-22)30-29-21-28(38-23(2)31(36)34-18-15-27-12-5-6-17-33-27)14-13-24(29)16-19-35(30)32(37)25-9-3-4-10-25/h5-8,11-14,17,20-21,23,25,30H,3-4,9-10,15-16,18-19H2,1-2H3,(H,34,36). The SMILES string of the molecule is Cc1cccc(C2c3cc(OC(C)C(=O)NCCc4ccccn4)ccc3CCN2C(=O)C2CCCC2)c1. The molecule has 2 unspecified atom stereocenters. The Labute approximate surface area is 225 Å². The van der Waals surface area contributed by atoms with Crippen LogP contribution in [0.2, 0.25) is 0 Å². The van der Waals surface area contributed by atoms with Crippen molar-refractivity contribution in [2.24, 2.45) is 5.92 Å². The van der Waals surface area contributed by atoms with Crippen LogP contribution in [-0.4, -0.2) is 40.9 Å². The first-order valence-corrected chi connectivity index (χ1v) is 13.8. The van der Waals surface area contributed by atoms with Crippen LogP contribution in [0.25, 0.3) is 0 Å². The fourth-order valence-corrected chi connectivity index (χ4v) is 5.77. The molecule has 2 aromatic carbocycles. The molecule has 6 nitrogen and oxygen atoms in total. The predicted molar refractivity (Wildman–Crippen MR) is 148 cm³/mol. The van der Waals surface area contributed by atoms with Crippen LogP contribution in [-0.2, 0) is 22.4 Å². The van der Waals surface area contributed by atoms with E-state index in [4.69, 9.17) is 4.74 Å². The number of carbonyl (C=O) groups is 2. The zero-order valence-electron chi connectivity index (χ0n) is 22.4. The summed E-state index contributed by atoms with van der Waals surface area (Å²) in [5.74, 6) is 0.876. The van der Waals surface area contributed by atoms with Crippen LogP contribution in [0.1, 0.15) is 66.6 Å². The van der Waals surface area contributed by atoms with Gasteiger partial charge in [0, 0.05) is 37.3 Å². The van der Waals surface area contributed by atoms with Crippen LogP contribution in [0.15, 0.2) is 66.9 Å². The van der Waals surface area contributed by atoms with E-state index in [9.17, 15) is 9.59 Å². The molecule has 2 atom stereocenters. The normalized spacial score (nSPS) is 18.1. The lowest BCUT2D eigenvalue weighted by molar-refractivity contribution is -0.137. The quantitative estimate of drug-likeness (QED) is 0.452. The maximum atomic E-state index is 13.7. The lowest BCUT2D eigenvalue weighted by Crippen LogP contribution is -2.43. The number of amides is 2. The number of fused-ring (bicyclic) bond motifs is 1. The van der Waals surface area contributed by atoms with E-state index in [2.05, 4.69) is 52.5 Å². The predicted octanol–water partition coefficient (Wildman–Crippen LogP) is 5.18. The highest BCUT2D eigenvalue weighted by Crippen LogP contribution is 2.40. The van der Waals surface area contributed by atoms with E-state index in [0.29, 0.717) is 18.7 Å². The molecule has 3 aromatic rings. The van der Waals surface area contributed by atoms with Crippen molar-refractivity contribution in [1.82, 2.24) is 15.2 Å². The van der Waals surface area contributed by atoms with Gasteiger partial charge in [0.2, 0.25) is 5.91 Å². The minimum absolute atomic E-state index is 0.123. The molecule has 38 heavy (non-hydrogen) atoms. The summed E-state index contributed by atoms with van der Waals surface area (Å²) in [5, 5.41) is 2.95. The van der Waals surface area contributed by atoms with Crippen LogP contribution < -0.4 is 10.1 Å². The number of carbonyl (C=O) groups excluding carboxylic acids is 2. The van der Waals surface area contributed by atoms with Gasteiger partial charge >= 0.3 is 0 Å². The summed E-state index contributed by atoms with van der Waals surface area (Å²) in [6.07, 6.45) is 6.84. The Morgan fingerprint density at radius 2 is 1.92 bits per heavy atom. The van der Waals surface area contributed by atoms with Crippen molar-refractivity contribution in [3.8, 4) is 5.75 Å². The van der Waals surface area contributed by atoms with Crippen LogP contribution in [0.4, 0.5) is 0 Å². The highest BCUT2D eigenvalue weighted by molar-refractivity contribution is 5.81. The van der Waals surface area contributed by atoms with Crippen molar-refractivity contribution in [3.05, 3.63) is 94.8 Å². The zero-order valence-corrected chi connectivity index (χ0v) is 22.4. The number of hydrogen-bond acceptors (Lipinski definition) is 4. The van der Waals surface area contributed by atoms with Crippen molar-refractivity contribution < 1.29 is 14.3 Å². The lowest BCUT2D eigenvalue weighted by atomic mass is 9.86. The Morgan fingerprint density at radius 3 is 2.68 bits per heavy atom. The summed E-state index contributed by atoms with van der Waals surface area (Å²) in [6, 6.07) is 20.1. The lowest BCUT2D eigenvalue weighted by Gasteiger charge is -2.39. The molecule has 198 valence electrons. The largest absolute Gasteiger partial charge is 0.481 e. The van der Waals surface area contributed by atoms with E-state index in [1.165, 1.54) is 11.1 Å². The van der Waals surface area contributed by atoms with Gasteiger partial charge in [-0.25, -0.2) is 0 Å². The second-order valence-electron chi connectivity index (χ2n) is 10.6. The number of nitrogens with one attached hydrogen (secondary N) is 1. The molecule has 1 aromatic heterocycles. The first-order chi connectivity index (χ1) is 18.5. The van der Waals surface area contributed by atoms with Crippen molar-refractivity contribution in [3.63, 3.8) is 0 Å². The maximum Gasteiger partial charge on any atom is 0.260 e. The fraction of sp³-hybridized carbons (Fsp3) is 0.406. The Bertz CT molecular complexity index is 1270. The van der Waals surface area contributed by atoms with Crippen molar-refractivity contribution in [1.29, 1.82) is 0 Å². The van der Waals surface area contributed by atoms with E-state index >= 15 is 0 Å². The number of benzene rings is 2. The number of nitrogens with zero attached hydrogens (tertiary/aromatic N) is 2. The second kappa shape index (κ2) is 11.8. The van der Waals surface area contributed by atoms with Crippen molar-refractivity contribution in [2.75, 3.05) is 13.1 Å². The minimum Gasteiger partial charge on any atom is -0.481 e. The van der Waals surface area contributed by atoms with E-state index in [-0.39, 0.29) is 23.8 Å². The highest BCUT2D eigenvalue weighted by Gasteiger charge is 2.36.